The Morgan fingerprint density at radius 1 is 1.17 bits per heavy atom. The predicted molar refractivity (Wildman–Crippen MR) is 75.8 cm³/mol. The minimum Gasteiger partial charge on any atom is -0.278 e. The highest BCUT2D eigenvalue weighted by molar-refractivity contribution is 5.84. The van der Waals surface area contributed by atoms with E-state index in [2.05, 4.69) is 50.0 Å². The van der Waals surface area contributed by atoms with Gasteiger partial charge in [0.15, 0.2) is 0 Å². The van der Waals surface area contributed by atoms with E-state index in [1.165, 1.54) is 29.3 Å². The summed E-state index contributed by atoms with van der Waals surface area (Å²) in [5, 5.41) is 8.61. The Morgan fingerprint density at radius 3 is 2.56 bits per heavy atom. The highest BCUT2D eigenvalue weighted by Crippen LogP contribution is 2.50. The van der Waals surface area contributed by atoms with E-state index in [1.54, 1.807) is 5.56 Å². The van der Waals surface area contributed by atoms with Crippen LogP contribution in [0.3, 0.4) is 0 Å². The average molecular weight is 242 g/mol. The summed E-state index contributed by atoms with van der Waals surface area (Å²) in [4.78, 5) is 0. The fourth-order valence-corrected chi connectivity index (χ4v) is 4.11. The van der Waals surface area contributed by atoms with Gasteiger partial charge in [-0.15, -0.1) is 0 Å². The highest BCUT2D eigenvalue weighted by atomic mass is 15.1. The Morgan fingerprint density at radius 2 is 1.89 bits per heavy atom. The monoisotopic (exact) mass is 242 g/mol. The number of aromatic nitrogens is 2. The van der Waals surface area contributed by atoms with Crippen LogP contribution in [0.2, 0.25) is 0 Å². The van der Waals surface area contributed by atoms with Crippen molar-refractivity contribution in [1.29, 1.82) is 0 Å². The van der Waals surface area contributed by atoms with Gasteiger partial charge in [-0.3, -0.25) is 5.10 Å². The molecule has 0 fully saturated rings. The van der Waals surface area contributed by atoms with Crippen molar-refractivity contribution in [2.24, 2.45) is 11.8 Å². The first kappa shape index (κ1) is 11.8. The number of aromatic amines is 1. The van der Waals surface area contributed by atoms with Crippen molar-refractivity contribution < 1.29 is 0 Å². The van der Waals surface area contributed by atoms with Gasteiger partial charge in [0.2, 0.25) is 0 Å². The molecule has 0 spiro atoms. The minimum atomic E-state index is 0.348. The molecule has 0 radical (unpaired) electrons. The highest BCUT2D eigenvalue weighted by Gasteiger charge is 2.44. The zero-order chi connectivity index (χ0) is 12.9. The number of hydrogen-bond acceptors (Lipinski definition) is 1. The van der Waals surface area contributed by atoms with Crippen molar-refractivity contribution in [3.63, 3.8) is 0 Å². The number of nitrogens with one attached hydrogen (secondary N) is 1. The maximum atomic E-state index is 4.19. The third-order valence-corrected chi connectivity index (χ3v) is 5.09. The molecule has 1 aromatic carbocycles. The molecule has 2 aromatic rings. The molecule has 0 amide bonds. The Bertz CT molecular complexity index is 570. The van der Waals surface area contributed by atoms with Crippen LogP contribution in [0.1, 0.15) is 45.2 Å². The number of aryl methyl sites for hydroxylation is 1. The Balaban J connectivity index is 2.27. The van der Waals surface area contributed by atoms with E-state index in [4.69, 9.17) is 0 Å². The van der Waals surface area contributed by atoms with Crippen LogP contribution in [0, 0.1) is 11.8 Å². The van der Waals surface area contributed by atoms with Crippen molar-refractivity contribution in [2.75, 3.05) is 0 Å². The summed E-state index contributed by atoms with van der Waals surface area (Å²) >= 11 is 0. The maximum Gasteiger partial charge on any atom is 0.0653 e. The predicted octanol–water partition coefficient (Wildman–Crippen LogP) is 4.06. The number of fused-ring (bicyclic) bond motifs is 3. The van der Waals surface area contributed by atoms with Gasteiger partial charge in [0.05, 0.1) is 11.7 Å². The zero-order valence-electron chi connectivity index (χ0n) is 11.7. The molecule has 0 atom stereocenters. The lowest BCUT2D eigenvalue weighted by atomic mass is 9.65. The van der Waals surface area contributed by atoms with Crippen molar-refractivity contribution >= 4 is 10.9 Å². The molecule has 96 valence electrons. The minimum absolute atomic E-state index is 0.348. The first-order valence-corrected chi connectivity index (χ1v) is 7.03. The number of nitrogens with zero attached hydrogens (tertiary/aromatic N) is 1. The number of hydrogen-bond donors (Lipinski definition) is 1. The summed E-state index contributed by atoms with van der Waals surface area (Å²) in [5.74, 6) is 1.37. The molecule has 2 heteroatoms. The van der Waals surface area contributed by atoms with Crippen LogP contribution in [0.25, 0.3) is 10.9 Å². The van der Waals surface area contributed by atoms with Gasteiger partial charge < -0.3 is 0 Å². The number of H-pyrrole nitrogens is 1. The first-order valence-electron chi connectivity index (χ1n) is 7.03. The zero-order valence-corrected chi connectivity index (χ0v) is 11.7. The second-order valence-electron chi connectivity index (χ2n) is 6.27. The standard InChI is InChI=1S/C16H22N2/c1-10(2)16(11(3)4)8-7-12-13-9-17-18-15(13)6-5-14(12)16/h5-6,9-11H,7-8H2,1-4H3,(H,17,18). The number of benzene rings is 1. The second kappa shape index (κ2) is 3.84. The summed E-state index contributed by atoms with van der Waals surface area (Å²) in [7, 11) is 0. The summed E-state index contributed by atoms with van der Waals surface area (Å²) < 4.78 is 0. The van der Waals surface area contributed by atoms with Crippen LogP contribution in [-0.4, -0.2) is 10.2 Å². The van der Waals surface area contributed by atoms with Crippen molar-refractivity contribution in [2.45, 2.75) is 46.0 Å². The molecular weight excluding hydrogens is 220 g/mol. The average Bonchev–Trinajstić information content (AvgIpc) is 2.92. The fraction of sp³-hybridized carbons (Fsp3) is 0.562. The number of rotatable bonds is 2. The van der Waals surface area contributed by atoms with Gasteiger partial charge in [0.1, 0.15) is 0 Å². The Hall–Kier alpha value is -1.31. The molecular formula is C16H22N2. The van der Waals surface area contributed by atoms with Gasteiger partial charge in [-0.1, -0.05) is 33.8 Å². The van der Waals surface area contributed by atoms with E-state index in [0.29, 0.717) is 17.3 Å². The molecule has 18 heavy (non-hydrogen) atoms. The molecule has 1 aromatic heterocycles. The van der Waals surface area contributed by atoms with Gasteiger partial charge >= 0.3 is 0 Å². The van der Waals surface area contributed by atoms with Crippen molar-refractivity contribution in [1.82, 2.24) is 10.2 Å². The van der Waals surface area contributed by atoms with E-state index in [1.807, 2.05) is 6.20 Å². The van der Waals surface area contributed by atoms with Gasteiger partial charge in [0, 0.05) is 10.8 Å². The molecule has 1 aliphatic rings. The summed E-state index contributed by atoms with van der Waals surface area (Å²) in [6.45, 7) is 9.48. The van der Waals surface area contributed by atoms with E-state index in [9.17, 15) is 0 Å². The van der Waals surface area contributed by atoms with Gasteiger partial charge in [-0.25, -0.2) is 0 Å². The SMILES string of the molecule is CC(C)C1(C(C)C)CCc2c1ccc1[nH]ncc21. The normalized spacial score (nSPS) is 17.9. The Kier molecular flexibility index (Phi) is 2.51. The molecule has 1 aliphatic carbocycles. The maximum absolute atomic E-state index is 4.19. The second-order valence-corrected chi connectivity index (χ2v) is 6.27. The fourth-order valence-electron chi connectivity index (χ4n) is 4.11. The summed E-state index contributed by atoms with van der Waals surface area (Å²) in [5.41, 5.74) is 4.63. The lowest BCUT2D eigenvalue weighted by Crippen LogP contribution is -2.35. The summed E-state index contributed by atoms with van der Waals surface area (Å²) in [6.07, 6.45) is 4.47. The first-order chi connectivity index (χ1) is 8.57. The summed E-state index contributed by atoms with van der Waals surface area (Å²) in [6, 6.07) is 4.54. The lowest BCUT2D eigenvalue weighted by molar-refractivity contribution is 0.218. The van der Waals surface area contributed by atoms with Gasteiger partial charge in [-0.2, -0.15) is 5.10 Å². The molecule has 1 N–H and O–H groups in total. The molecule has 3 rings (SSSR count). The van der Waals surface area contributed by atoms with E-state index < -0.39 is 0 Å². The smallest absolute Gasteiger partial charge is 0.0653 e. The van der Waals surface area contributed by atoms with Crippen molar-refractivity contribution in [3.05, 3.63) is 29.5 Å². The molecule has 2 nitrogen and oxygen atoms in total. The molecule has 0 bridgehead atoms. The van der Waals surface area contributed by atoms with Crippen molar-refractivity contribution in [3.8, 4) is 0 Å². The van der Waals surface area contributed by atoms with Gasteiger partial charge in [-0.05, 0) is 41.9 Å². The third-order valence-electron chi connectivity index (χ3n) is 5.09. The van der Waals surface area contributed by atoms with Crippen LogP contribution < -0.4 is 0 Å². The van der Waals surface area contributed by atoms with E-state index in [0.717, 1.165) is 0 Å². The van der Waals surface area contributed by atoms with Crippen LogP contribution in [0.5, 0.6) is 0 Å². The Labute approximate surface area is 109 Å². The molecule has 0 unspecified atom stereocenters. The topological polar surface area (TPSA) is 28.7 Å². The van der Waals surface area contributed by atoms with E-state index in [-0.39, 0.29) is 0 Å². The third kappa shape index (κ3) is 1.32. The van der Waals surface area contributed by atoms with Crippen LogP contribution in [0.4, 0.5) is 0 Å². The largest absolute Gasteiger partial charge is 0.278 e. The van der Waals surface area contributed by atoms with Gasteiger partial charge in [0.25, 0.3) is 0 Å². The quantitative estimate of drug-likeness (QED) is 0.845. The lowest BCUT2D eigenvalue weighted by Gasteiger charge is -2.39. The molecule has 0 saturated heterocycles. The molecule has 1 heterocycles. The van der Waals surface area contributed by atoms with Crippen LogP contribution in [0.15, 0.2) is 18.3 Å². The molecule has 0 aliphatic heterocycles. The van der Waals surface area contributed by atoms with Crippen LogP contribution in [-0.2, 0) is 11.8 Å². The van der Waals surface area contributed by atoms with E-state index >= 15 is 0 Å². The molecule has 0 saturated carbocycles. The van der Waals surface area contributed by atoms with Crippen LogP contribution >= 0.6 is 0 Å².